The molecular formula is C21H23F3N4OS. The van der Waals surface area contributed by atoms with Crippen LogP contribution in [-0.4, -0.2) is 31.3 Å². The quantitative estimate of drug-likeness (QED) is 0.452. The average Bonchev–Trinajstić information content (AvgIpc) is 2.94. The Bertz CT molecular complexity index is 969. The lowest BCUT2D eigenvalue weighted by molar-refractivity contribution is -0.159. The summed E-state index contributed by atoms with van der Waals surface area (Å²) in [7, 11) is 1.73. The lowest BCUT2D eigenvalue weighted by Crippen LogP contribution is -2.21. The smallest absolute Gasteiger partial charge is 0.328 e. The van der Waals surface area contributed by atoms with Gasteiger partial charge in [0, 0.05) is 31.4 Å². The van der Waals surface area contributed by atoms with Crippen molar-refractivity contribution in [1.29, 1.82) is 0 Å². The molecule has 1 unspecified atom stereocenters. The number of thioether (sulfide) groups is 1. The normalized spacial score (nSPS) is 14.9. The second-order valence-electron chi connectivity index (χ2n) is 6.43. The summed E-state index contributed by atoms with van der Waals surface area (Å²) in [5.41, 5.74) is 0.599. The Kier molecular flexibility index (Phi) is 8.91. The lowest BCUT2D eigenvalue weighted by atomic mass is 10.1. The second-order valence-corrected chi connectivity index (χ2v) is 7.37. The highest BCUT2D eigenvalue weighted by Crippen LogP contribution is 2.30. The highest BCUT2D eigenvalue weighted by atomic mass is 32.2. The van der Waals surface area contributed by atoms with Crippen LogP contribution >= 0.6 is 11.8 Å². The Labute approximate surface area is 177 Å². The van der Waals surface area contributed by atoms with Crippen LogP contribution in [0.2, 0.25) is 0 Å². The minimum atomic E-state index is -4.42. The molecule has 1 aliphatic rings. The molecule has 9 heteroatoms. The van der Waals surface area contributed by atoms with Crippen molar-refractivity contribution in [2.45, 2.75) is 24.2 Å². The fraction of sp³-hybridized carbons (Fsp3) is 0.286. The number of aryl methyl sites for hydroxylation is 1. The van der Waals surface area contributed by atoms with Gasteiger partial charge < -0.3 is 4.57 Å². The van der Waals surface area contributed by atoms with Crippen LogP contribution in [0.1, 0.15) is 12.8 Å². The first-order valence-electron chi connectivity index (χ1n) is 9.15. The Balaban J connectivity index is 2.28. The maximum atomic E-state index is 13.1. The molecule has 0 amide bonds. The van der Waals surface area contributed by atoms with Crippen LogP contribution in [0.15, 0.2) is 83.2 Å². The maximum absolute atomic E-state index is 13.1. The Morgan fingerprint density at radius 3 is 2.83 bits per heavy atom. The van der Waals surface area contributed by atoms with Gasteiger partial charge in [-0.05, 0) is 12.8 Å². The third kappa shape index (κ3) is 7.55. The SMILES string of the molecule is C=CCC(/C=C/n1ccn(C)c(SCC2=CC=CC=CC2)nncc1=O)C(F)(F)F. The molecule has 1 aromatic heterocycles. The van der Waals surface area contributed by atoms with Gasteiger partial charge in [0.15, 0.2) is 5.16 Å². The van der Waals surface area contributed by atoms with E-state index in [9.17, 15) is 18.0 Å². The minimum Gasteiger partial charge on any atom is -0.328 e. The van der Waals surface area contributed by atoms with Gasteiger partial charge in [0.1, 0.15) is 6.20 Å². The number of hydrogen-bond donors (Lipinski definition) is 0. The molecule has 0 spiro atoms. The fourth-order valence-electron chi connectivity index (χ4n) is 2.41. The van der Waals surface area contributed by atoms with E-state index in [-0.39, 0.29) is 6.42 Å². The van der Waals surface area contributed by atoms with Crippen molar-refractivity contribution in [2.75, 3.05) is 5.75 Å². The molecule has 0 saturated heterocycles. The van der Waals surface area contributed by atoms with E-state index in [4.69, 9.17) is 0 Å². The van der Waals surface area contributed by atoms with Gasteiger partial charge in [0.2, 0.25) is 0 Å². The highest BCUT2D eigenvalue weighted by Gasteiger charge is 2.36. The van der Waals surface area contributed by atoms with Crippen molar-refractivity contribution in [2.24, 2.45) is 13.0 Å². The summed E-state index contributed by atoms with van der Waals surface area (Å²) in [4.78, 5) is 12.3. The molecule has 0 aliphatic heterocycles. The summed E-state index contributed by atoms with van der Waals surface area (Å²) in [6.07, 6.45) is 13.3. The van der Waals surface area contributed by atoms with Crippen molar-refractivity contribution in [1.82, 2.24) is 19.3 Å². The van der Waals surface area contributed by atoms with Gasteiger partial charge in [-0.1, -0.05) is 59.9 Å². The average molecular weight is 437 g/mol. The van der Waals surface area contributed by atoms with Crippen molar-refractivity contribution in [3.63, 3.8) is 0 Å². The van der Waals surface area contributed by atoms with E-state index >= 15 is 0 Å². The van der Waals surface area contributed by atoms with Crippen LogP contribution in [-0.2, 0) is 7.05 Å². The van der Waals surface area contributed by atoms with Crippen molar-refractivity contribution in [3.05, 3.63) is 83.6 Å². The van der Waals surface area contributed by atoms with Crippen molar-refractivity contribution < 1.29 is 13.2 Å². The summed E-state index contributed by atoms with van der Waals surface area (Å²) >= 11 is 1.45. The predicted octanol–water partition coefficient (Wildman–Crippen LogP) is 4.86. The first-order valence-corrected chi connectivity index (χ1v) is 10.1. The topological polar surface area (TPSA) is 52.7 Å². The number of hydrogen-bond acceptors (Lipinski definition) is 4. The van der Waals surface area contributed by atoms with E-state index in [1.807, 2.05) is 24.3 Å². The molecular weight excluding hydrogens is 413 g/mol. The third-order valence-electron chi connectivity index (χ3n) is 4.10. The van der Waals surface area contributed by atoms with Crippen LogP contribution in [0.25, 0.3) is 6.20 Å². The van der Waals surface area contributed by atoms with Gasteiger partial charge in [0.05, 0.1) is 5.92 Å². The van der Waals surface area contributed by atoms with Crippen molar-refractivity contribution in [3.8, 4) is 0 Å². The molecule has 0 N–H and O–H groups in total. The van der Waals surface area contributed by atoms with E-state index in [0.717, 1.165) is 29.5 Å². The lowest BCUT2D eigenvalue weighted by Gasteiger charge is -2.14. The number of nitrogens with zero attached hydrogens (tertiary/aromatic N) is 4. The summed E-state index contributed by atoms with van der Waals surface area (Å²) in [5.74, 6) is -1.04. The van der Waals surface area contributed by atoms with E-state index in [1.54, 1.807) is 17.8 Å². The molecule has 1 aliphatic carbocycles. The van der Waals surface area contributed by atoms with Crippen LogP contribution in [0.4, 0.5) is 13.2 Å². The van der Waals surface area contributed by atoms with Gasteiger partial charge in [-0.2, -0.15) is 18.3 Å². The van der Waals surface area contributed by atoms with Crippen LogP contribution in [0.3, 0.4) is 0 Å². The second kappa shape index (κ2) is 11.4. The number of halogens is 3. The Morgan fingerprint density at radius 2 is 2.10 bits per heavy atom. The molecule has 1 atom stereocenters. The Hall–Kier alpha value is -2.81. The van der Waals surface area contributed by atoms with E-state index in [1.165, 1.54) is 29.6 Å². The van der Waals surface area contributed by atoms with Crippen LogP contribution in [0.5, 0.6) is 0 Å². The maximum Gasteiger partial charge on any atom is 0.395 e. The zero-order valence-electron chi connectivity index (χ0n) is 16.5. The molecule has 2 rings (SSSR count). The van der Waals surface area contributed by atoms with Gasteiger partial charge in [0.25, 0.3) is 5.56 Å². The molecule has 0 saturated carbocycles. The van der Waals surface area contributed by atoms with Gasteiger partial charge in [-0.3, -0.25) is 9.36 Å². The molecule has 0 aromatic carbocycles. The molecule has 1 aromatic rings. The molecule has 1 heterocycles. The summed E-state index contributed by atoms with van der Waals surface area (Å²) < 4.78 is 41.9. The monoisotopic (exact) mass is 436 g/mol. The molecule has 160 valence electrons. The molecule has 0 fully saturated rings. The summed E-state index contributed by atoms with van der Waals surface area (Å²) in [6.45, 7) is 3.35. The Morgan fingerprint density at radius 1 is 1.30 bits per heavy atom. The molecule has 0 radical (unpaired) electrons. The van der Waals surface area contributed by atoms with Crippen molar-refractivity contribution >= 4 is 18.0 Å². The van der Waals surface area contributed by atoms with Gasteiger partial charge in [-0.25, -0.2) is 0 Å². The number of alkyl halides is 3. The van der Waals surface area contributed by atoms with Crippen LogP contribution in [0, 0.1) is 5.92 Å². The van der Waals surface area contributed by atoms with E-state index in [0.29, 0.717) is 10.9 Å². The van der Waals surface area contributed by atoms with Gasteiger partial charge >= 0.3 is 6.18 Å². The first kappa shape index (κ1) is 23.5. The van der Waals surface area contributed by atoms with E-state index < -0.39 is 17.7 Å². The zero-order chi connectivity index (χ0) is 22.0. The number of rotatable bonds is 7. The van der Waals surface area contributed by atoms with Gasteiger partial charge in [-0.15, -0.1) is 11.7 Å². The molecule has 30 heavy (non-hydrogen) atoms. The highest BCUT2D eigenvalue weighted by molar-refractivity contribution is 7.99. The first-order chi connectivity index (χ1) is 14.3. The zero-order valence-corrected chi connectivity index (χ0v) is 17.3. The molecule has 0 bridgehead atoms. The largest absolute Gasteiger partial charge is 0.395 e. The number of aromatic nitrogens is 4. The van der Waals surface area contributed by atoms with E-state index in [2.05, 4.69) is 22.9 Å². The molecule has 5 nitrogen and oxygen atoms in total. The predicted molar refractivity (Wildman–Crippen MR) is 114 cm³/mol. The minimum absolute atomic E-state index is 0.274. The summed E-state index contributed by atoms with van der Waals surface area (Å²) in [6, 6.07) is 0. The number of allylic oxidation sites excluding steroid dienone is 7. The fourth-order valence-corrected chi connectivity index (χ4v) is 3.31. The summed E-state index contributed by atoms with van der Waals surface area (Å²) in [5, 5.41) is 8.43. The third-order valence-corrected chi connectivity index (χ3v) is 5.24. The van der Waals surface area contributed by atoms with Crippen LogP contribution < -0.4 is 5.56 Å². The standard InChI is InChI=1S/C21H23F3N4OS/c1-3-8-18(21(22,23)24)11-12-28-14-13-27(2)20(26-25-15-19(28)29)30-16-17-9-6-4-5-7-10-17/h3-7,9,11-15,18H,1,8,10,16H2,2H3/b12-11+,14-13?,25-15?,26-20?.